The molecule has 194 valence electrons. The van der Waals surface area contributed by atoms with Gasteiger partial charge in [-0.2, -0.15) is 13.2 Å². The van der Waals surface area contributed by atoms with E-state index in [-0.39, 0.29) is 16.5 Å². The van der Waals surface area contributed by atoms with Crippen LogP contribution in [0.2, 0.25) is 0 Å². The summed E-state index contributed by atoms with van der Waals surface area (Å²) in [5.41, 5.74) is 0. The third-order valence-corrected chi connectivity index (χ3v) is 5.26. The number of aldehydes is 4. The number of ketones is 1. The molecule has 2 heterocycles. The third kappa shape index (κ3) is 8.22. The maximum atomic E-state index is 12.8. The van der Waals surface area contributed by atoms with Gasteiger partial charge in [0.2, 0.25) is 0 Å². The number of carbonyl (C=O) groups is 5. The molecule has 1 aromatic heterocycles. The number of ether oxygens (including phenoxy) is 5. The predicted octanol–water partition coefficient (Wildman–Crippen LogP) is -0.00730. The molecule has 1 fully saturated rings. The summed E-state index contributed by atoms with van der Waals surface area (Å²) in [5, 5.41) is 2.25. The number of anilines is 1. The number of rotatable bonds is 16. The van der Waals surface area contributed by atoms with Crippen LogP contribution in [0.5, 0.6) is 0 Å². The fourth-order valence-electron chi connectivity index (χ4n) is 3.05. The first-order valence-corrected chi connectivity index (χ1v) is 10.4. The number of aromatic nitrogens is 1. The van der Waals surface area contributed by atoms with Gasteiger partial charge in [-0.1, -0.05) is 11.3 Å². The number of Topliss-reactive ketones (excluding diaryl/α,β-unsaturated/α-hetero) is 1. The van der Waals surface area contributed by atoms with Crippen molar-refractivity contribution in [1.82, 2.24) is 4.98 Å². The molecule has 0 aromatic carbocycles. The second kappa shape index (κ2) is 14.1. The van der Waals surface area contributed by atoms with E-state index >= 15 is 0 Å². The number of hydrogen-bond acceptors (Lipinski definition) is 13. The van der Waals surface area contributed by atoms with Crippen LogP contribution in [-0.2, 0) is 42.9 Å². The van der Waals surface area contributed by atoms with Crippen molar-refractivity contribution in [3.05, 3.63) is 11.1 Å². The number of nitrogens with zero attached hydrogens (tertiary/aromatic N) is 1. The van der Waals surface area contributed by atoms with Gasteiger partial charge in [0.05, 0.1) is 12.8 Å². The van der Waals surface area contributed by atoms with E-state index in [2.05, 4.69) is 10.3 Å². The molecule has 1 aliphatic heterocycles. The van der Waals surface area contributed by atoms with Gasteiger partial charge < -0.3 is 48.2 Å². The van der Waals surface area contributed by atoms with Gasteiger partial charge in [-0.05, 0) is 0 Å². The van der Waals surface area contributed by atoms with Crippen molar-refractivity contribution in [3.8, 4) is 0 Å². The summed E-state index contributed by atoms with van der Waals surface area (Å²) in [6.07, 6.45) is -16.6. The monoisotopic (exact) mass is 530 g/mol. The SMILES string of the molecule is [2H]C(=O)COC[C@H]1OC(Nc2ncc(C(=O)C(F)(F)F)s2)[C@@H](OCC([2H])=O)[C@@H](OCC([2H])=O)[C@@H]1OCC([2H])=O. The first-order valence-electron chi connectivity index (χ1n) is 11.6. The van der Waals surface area contributed by atoms with E-state index in [4.69, 9.17) is 29.2 Å². The van der Waals surface area contributed by atoms with Gasteiger partial charge in [0, 0.05) is 0 Å². The molecule has 16 heteroatoms. The normalized spacial score (nSPS) is 26.1. The highest BCUT2D eigenvalue weighted by Gasteiger charge is 2.49. The molecule has 0 aliphatic carbocycles. The maximum absolute atomic E-state index is 12.8. The Hall–Kier alpha value is -2.63. The number of alkyl halides is 3. The van der Waals surface area contributed by atoms with Crippen LogP contribution in [0, 0.1) is 0 Å². The Morgan fingerprint density at radius 3 is 2.17 bits per heavy atom. The lowest BCUT2D eigenvalue weighted by molar-refractivity contribution is -0.254. The number of nitrogens with one attached hydrogen (secondary N) is 1. The van der Waals surface area contributed by atoms with Gasteiger partial charge in [0.25, 0.3) is 5.78 Å². The lowest BCUT2D eigenvalue weighted by Gasteiger charge is -2.45. The Kier molecular flexibility index (Phi) is 9.16. The summed E-state index contributed by atoms with van der Waals surface area (Å²) < 4.78 is 93.7. The van der Waals surface area contributed by atoms with Crippen LogP contribution in [0.15, 0.2) is 6.20 Å². The van der Waals surface area contributed by atoms with Gasteiger partial charge in [0.1, 0.15) is 86.3 Å². The minimum absolute atomic E-state index is 0.288. The highest BCUT2D eigenvalue weighted by Crippen LogP contribution is 2.32. The van der Waals surface area contributed by atoms with Crippen LogP contribution < -0.4 is 5.32 Å². The van der Waals surface area contributed by atoms with Crippen LogP contribution in [0.4, 0.5) is 18.3 Å². The van der Waals surface area contributed by atoms with Crippen molar-refractivity contribution in [2.45, 2.75) is 36.8 Å². The van der Waals surface area contributed by atoms with Crippen LogP contribution >= 0.6 is 11.3 Å². The van der Waals surface area contributed by atoms with Gasteiger partial charge >= 0.3 is 6.18 Å². The summed E-state index contributed by atoms with van der Waals surface area (Å²) in [6.45, 7) is -3.82. The molecule has 0 saturated carbocycles. The van der Waals surface area contributed by atoms with E-state index in [9.17, 15) is 37.1 Å². The molecule has 0 bridgehead atoms. The zero-order valence-corrected chi connectivity index (χ0v) is 18.4. The largest absolute Gasteiger partial charge is 0.455 e. The molecular weight excluding hydrogens is 505 g/mol. The number of thiazole rings is 1. The molecule has 12 nitrogen and oxygen atoms in total. The Balaban J connectivity index is 2.44. The summed E-state index contributed by atoms with van der Waals surface area (Å²) in [4.78, 5) is 59.3. The molecule has 5 atom stereocenters. The summed E-state index contributed by atoms with van der Waals surface area (Å²) in [6, 6.07) is 0. The Morgan fingerprint density at radius 2 is 1.60 bits per heavy atom. The molecule has 0 amide bonds. The van der Waals surface area contributed by atoms with Gasteiger partial charge in [-0.15, -0.1) is 0 Å². The zero-order chi connectivity index (χ0) is 29.3. The van der Waals surface area contributed by atoms with Crippen LogP contribution in [0.1, 0.15) is 15.2 Å². The number of hydrogen-bond donors (Lipinski definition) is 1. The van der Waals surface area contributed by atoms with E-state index < -0.39 is 106 Å². The highest BCUT2D eigenvalue weighted by molar-refractivity contribution is 7.17. The van der Waals surface area contributed by atoms with Gasteiger partial charge in [-0.25, -0.2) is 4.98 Å². The van der Waals surface area contributed by atoms with E-state index in [0.717, 1.165) is 0 Å². The quantitative estimate of drug-likeness (QED) is 0.226. The number of carbonyl (C=O) groups excluding carboxylic acids is 5. The Labute approximate surface area is 205 Å². The van der Waals surface area contributed by atoms with Crippen molar-refractivity contribution in [2.24, 2.45) is 0 Å². The smallest absolute Gasteiger partial charge is 0.371 e. The predicted molar refractivity (Wildman–Crippen MR) is 109 cm³/mol. The van der Waals surface area contributed by atoms with Crippen molar-refractivity contribution >= 4 is 47.3 Å². The molecule has 35 heavy (non-hydrogen) atoms. The van der Waals surface area contributed by atoms with Crippen molar-refractivity contribution in [2.75, 3.05) is 38.4 Å². The molecule has 1 N–H and O–H groups in total. The molecule has 1 saturated heterocycles. The van der Waals surface area contributed by atoms with Crippen LogP contribution in [0.25, 0.3) is 0 Å². The standard InChI is InChI=1S/C19H21F3N2O10S/c20-19(21,22)16(29)12-9-23-18(35-12)24-17-15(33-8-4-28)14(32-7-3-27)13(31-6-2-26)11(34-17)10-30-5-1-25/h1-4,9,11,13-15,17H,5-8,10H2,(H,23,24)/t11-,13-,14+,15+,17?/m1/s1/i1D,2D,3D,4D. The summed E-state index contributed by atoms with van der Waals surface area (Å²) >= 11 is 0.288. The molecule has 0 radical (unpaired) electrons. The second-order valence-corrected chi connectivity index (χ2v) is 7.55. The molecule has 1 unspecified atom stereocenters. The molecule has 1 aromatic rings. The molecule has 0 spiro atoms. The van der Waals surface area contributed by atoms with E-state index in [1.807, 2.05) is 0 Å². The maximum Gasteiger partial charge on any atom is 0.455 e. The van der Waals surface area contributed by atoms with E-state index in [1.165, 1.54) is 0 Å². The van der Waals surface area contributed by atoms with Crippen molar-refractivity contribution in [1.29, 1.82) is 0 Å². The molecular formula is C19H21F3N2O10S. The van der Waals surface area contributed by atoms with Gasteiger partial charge in [-0.3, -0.25) is 4.79 Å². The average Bonchev–Trinajstić information content (AvgIpc) is 3.27. The van der Waals surface area contributed by atoms with E-state index in [1.54, 1.807) is 0 Å². The van der Waals surface area contributed by atoms with Crippen molar-refractivity contribution in [3.63, 3.8) is 0 Å². The Morgan fingerprint density at radius 1 is 1.03 bits per heavy atom. The second-order valence-electron chi connectivity index (χ2n) is 6.52. The average molecular weight is 530 g/mol. The highest BCUT2D eigenvalue weighted by atomic mass is 32.1. The lowest BCUT2D eigenvalue weighted by Crippen LogP contribution is -2.63. The zero-order valence-electron chi connectivity index (χ0n) is 21.6. The summed E-state index contributed by atoms with van der Waals surface area (Å²) in [5.74, 6) is -2.17. The minimum Gasteiger partial charge on any atom is -0.371 e. The third-order valence-electron chi connectivity index (χ3n) is 4.33. The molecule has 2 rings (SSSR count). The topological polar surface area (TPSA) is 156 Å². The fraction of sp³-hybridized carbons (Fsp3) is 0.579. The van der Waals surface area contributed by atoms with Crippen LogP contribution in [0.3, 0.4) is 0 Å². The van der Waals surface area contributed by atoms with Gasteiger partial charge in [0.15, 0.2) is 11.4 Å². The Bertz CT molecular complexity index is 1060. The van der Waals surface area contributed by atoms with E-state index in [0.29, 0.717) is 6.20 Å². The fourth-order valence-corrected chi connectivity index (χ4v) is 3.86. The summed E-state index contributed by atoms with van der Waals surface area (Å²) in [7, 11) is 0. The minimum atomic E-state index is -5.18. The lowest BCUT2D eigenvalue weighted by atomic mass is 9.97. The first-order chi connectivity index (χ1) is 18.2. The van der Waals surface area contributed by atoms with Crippen LogP contribution in [-0.4, -0.2) is 106 Å². The first kappa shape index (κ1) is 22.8. The number of halogens is 3. The molecule has 1 aliphatic rings. The van der Waals surface area contributed by atoms with Crippen molar-refractivity contribution < 1.29 is 66.3 Å².